The van der Waals surface area contributed by atoms with Gasteiger partial charge in [-0.3, -0.25) is 9.69 Å². The average molecular weight is 558 g/mol. The zero-order valence-electron chi connectivity index (χ0n) is 23.7. The lowest BCUT2D eigenvalue weighted by Crippen LogP contribution is -2.25. The molecule has 3 rings (SSSR count). The number of esters is 1. The molecule has 0 fully saturated rings. The van der Waals surface area contributed by atoms with Gasteiger partial charge in [0.2, 0.25) is 0 Å². The van der Waals surface area contributed by atoms with Gasteiger partial charge in [-0.15, -0.1) is 0 Å². The zero-order chi connectivity index (χ0) is 29.3. The maximum absolute atomic E-state index is 13.5. The van der Waals surface area contributed by atoms with Gasteiger partial charge in [0, 0.05) is 13.1 Å². The number of nitrogens with zero attached hydrogens (tertiary/aromatic N) is 1. The number of rotatable bonds is 13. The second kappa shape index (κ2) is 14.4. The number of carbonyl (C=O) groups excluding carboxylic acids is 1. The number of hydrogen-bond acceptors (Lipinski definition) is 3. The fraction of sp³-hybridized carbons (Fsp3) is 0.424. The maximum Gasteiger partial charge on any atom is 0.416 e. The first-order valence-electron chi connectivity index (χ1n) is 13.9. The van der Waals surface area contributed by atoms with E-state index in [0.717, 1.165) is 53.8 Å². The number of benzene rings is 3. The second-order valence-corrected chi connectivity index (χ2v) is 10.7. The van der Waals surface area contributed by atoms with Gasteiger partial charge >= 0.3 is 12.1 Å². The Morgan fingerprint density at radius 3 is 2.08 bits per heavy atom. The molecule has 1 unspecified atom stereocenters. The molecular weight excluding hydrogens is 518 g/mol. The highest BCUT2D eigenvalue weighted by molar-refractivity contribution is 5.79. The van der Waals surface area contributed by atoms with Crippen LogP contribution >= 0.6 is 0 Å². The molecule has 3 aromatic carbocycles. The molecule has 216 valence electrons. The third-order valence-corrected chi connectivity index (χ3v) is 6.86. The highest BCUT2D eigenvalue weighted by Gasteiger charge is 2.30. The first-order valence-corrected chi connectivity index (χ1v) is 13.9. The molecule has 0 aliphatic heterocycles. The molecule has 0 saturated heterocycles. The van der Waals surface area contributed by atoms with Crippen LogP contribution in [0.3, 0.4) is 0 Å². The fourth-order valence-electron chi connectivity index (χ4n) is 4.74. The molecule has 0 saturated carbocycles. The van der Waals surface area contributed by atoms with Crippen LogP contribution in [0.2, 0.25) is 0 Å². The molecule has 3 nitrogen and oxygen atoms in total. The minimum atomic E-state index is -4.42. The van der Waals surface area contributed by atoms with E-state index in [0.29, 0.717) is 31.0 Å². The van der Waals surface area contributed by atoms with Crippen molar-refractivity contribution in [3.63, 3.8) is 0 Å². The van der Waals surface area contributed by atoms with Gasteiger partial charge in [-0.1, -0.05) is 63.6 Å². The van der Waals surface area contributed by atoms with Crippen LogP contribution in [0.15, 0.2) is 66.7 Å². The van der Waals surface area contributed by atoms with Crippen LogP contribution in [0.5, 0.6) is 0 Å². The second-order valence-electron chi connectivity index (χ2n) is 10.7. The topological polar surface area (TPSA) is 29.5 Å². The molecule has 0 amide bonds. The van der Waals surface area contributed by atoms with Crippen LogP contribution in [0, 0.1) is 11.7 Å². The van der Waals surface area contributed by atoms with Crippen LogP contribution in [-0.4, -0.2) is 24.0 Å². The van der Waals surface area contributed by atoms with Crippen molar-refractivity contribution in [1.29, 1.82) is 0 Å². The average Bonchev–Trinajstić information content (AvgIpc) is 2.91. The number of ether oxygens (including phenoxy) is 1. The van der Waals surface area contributed by atoms with E-state index >= 15 is 0 Å². The van der Waals surface area contributed by atoms with Gasteiger partial charge in [0.1, 0.15) is 5.82 Å². The summed E-state index contributed by atoms with van der Waals surface area (Å²) in [6.07, 6.45) is -2.08. The normalized spacial score (nSPS) is 12.7. The van der Waals surface area contributed by atoms with Crippen LogP contribution in [-0.2, 0) is 28.8 Å². The number of carbonyl (C=O) groups is 1. The van der Waals surface area contributed by atoms with E-state index in [4.69, 9.17) is 4.74 Å². The number of alkyl halides is 3. The molecule has 7 heteroatoms. The predicted molar refractivity (Wildman–Crippen MR) is 151 cm³/mol. The monoisotopic (exact) mass is 557 g/mol. The fourth-order valence-corrected chi connectivity index (χ4v) is 4.74. The van der Waals surface area contributed by atoms with Crippen molar-refractivity contribution in [2.45, 2.75) is 72.1 Å². The van der Waals surface area contributed by atoms with Gasteiger partial charge in [0.05, 0.1) is 18.1 Å². The molecule has 0 heterocycles. The van der Waals surface area contributed by atoms with E-state index in [1.165, 1.54) is 24.3 Å². The molecule has 3 aromatic rings. The van der Waals surface area contributed by atoms with Crippen molar-refractivity contribution in [3.05, 3.63) is 94.8 Å². The Balaban J connectivity index is 2.04. The molecule has 0 aliphatic carbocycles. The lowest BCUT2D eigenvalue weighted by Gasteiger charge is -2.25. The Morgan fingerprint density at radius 1 is 0.850 bits per heavy atom. The van der Waals surface area contributed by atoms with E-state index in [9.17, 15) is 22.4 Å². The Kier molecular flexibility index (Phi) is 11.3. The highest BCUT2D eigenvalue weighted by Crippen LogP contribution is 2.33. The van der Waals surface area contributed by atoms with Gasteiger partial charge < -0.3 is 4.74 Å². The van der Waals surface area contributed by atoms with Crippen molar-refractivity contribution in [1.82, 2.24) is 4.90 Å². The summed E-state index contributed by atoms with van der Waals surface area (Å²) in [5, 5.41) is 0. The van der Waals surface area contributed by atoms with Gasteiger partial charge in [0.25, 0.3) is 0 Å². The largest absolute Gasteiger partial charge is 0.466 e. The van der Waals surface area contributed by atoms with Crippen LogP contribution < -0.4 is 0 Å². The minimum Gasteiger partial charge on any atom is -0.466 e. The van der Waals surface area contributed by atoms with Crippen LogP contribution in [0.25, 0.3) is 11.1 Å². The standard InChI is InChI=1S/C33H39F4NO2/c1-5-7-31(32(39)40-6-2)28-19-25(18-27(20-28)26-10-12-29(13-11-26)33(35,36)37)22-38(17-16-23(3)4)21-24-8-14-30(34)15-9-24/h8-15,18-20,23,31H,5-7,16-17,21-22H2,1-4H3. The van der Waals surface area contributed by atoms with E-state index in [1.807, 2.05) is 25.1 Å². The lowest BCUT2D eigenvalue weighted by atomic mass is 9.89. The van der Waals surface area contributed by atoms with Crippen molar-refractivity contribution >= 4 is 5.97 Å². The molecule has 0 spiro atoms. The third kappa shape index (κ3) is 9.19. The summed E-state index contributed by atoms with van der Waals surface area (Å²) in [6.45, 7) is 10.4. The quantitative estimate of drug-likeness (QED) is 0.155. The van der Waals surface area contributed by atoms with Crippen LogP contribution in [0.4, 0.5) is 17.6 Å². The first-order chi connectivity index (χ1) is 19.0. The maximum atomic E-state index is 13.5. The third-order valence-electron chi connectivity index (χ3n) is 6.86. The van der Waals surface area contributed by atoms with Gasteiger partial charge in [-0.05, 0) is 90.4 Å². The molecule has 0 aromatic heterocycles. The summed E-state index contributed by atoms with van der Waals surface area (Å²) in [4.78, 5) is 15.2. The molecule has 0 radical (unpaired) electrons. The SMILES string of the molecule is CCCC(C(=O)OCC)c1cc(CN(CCC(C)C)Cc2ccc(F)cc2)cc(-c2ccc(C(F)(F)F)cc2)c1. The summed E-state index contributed by atoms with van der Waals surface area (Å²) in [6, 6.07) is 17.5. The summed E-state index contributed by atoms with van der Waals surface area (Å²) in [7, 11) is 0. The number of halogens is 4. The van der Waals surface area contributed by atoms with Gasteiger partial charge in [-0.25, -0.2) is 4.39 Å². The molecule has 0 N–H and O–H groups in total. The number of hydrogen-bond donors (Lipinski definition) is 0. The van der Waals surface area contributed by atoms with Crippen molar-refractivity contribution in [3.8, 4) is 11.1 Å². The highest BCUT2D eigenvalue weighted by atomic mass is 19.4. The van der Waals surface area contributed by atoms with E-state index < -0.39 is 17.7 Å². The first kappa shape index (κ1) is 31.3. The van der Waals surface area contributed by atoms with E-state index in [-0.39, 0.29) is 18.4 Å². The molecule has 0 aliphatic rings. The summed E-state index contributed by atoms with van der Waals surface area (Å²) in [5.74, 6) is -0.572. The molecule has 40 heavy (non-hydrogen) atoms. The Hall–Kier alpha value is -3.19. The minimum absolute atomic E-state index is 0.269. The zero-order valence-corrected chi connectivity index (χ0v) is 23.7. The summed E-state index contributed by atoms with van der Waals surface area (Å²) in [5.41, 5.74) is 3.41. The molecule has 1 atom stereocenters. The summed E-state index contributed by atoms with van der Waals surface area (Å²) >= 11 is 0. The van der Waals surface area contributed by atoms with Crippen LogP contribution in [0.1, 0.15) is 75.1 Å². The lowest BCUT2D eigenvalue weighted by molar-refractivity contribution is -0.145. The Morgan fingerprint density at radius 2 is 1.50 bits per heavy atom. The Bertz CT molecular complexity index is 1220. The van der Waals surface area contributed by atoms with E-state index in [2.05, 4.69) is 18.7 Å². The molecule has 0 bridgehead atoms. The van der Waals surface area contributed by atoms with E-state index in [1.54, 1.807) is 19.1 Å². The van der Waals surface area contributed by atoms with Gasteiger partial charge in [-0.2, -0.15) is 13.2 Å². The summed E-state index contributed by atoms with van der Waals surface area (Å²) < 4.78 is 58.5. The van der Waals surface area contributed by atoms with Crippen molar-refractivity contribution < 1.29 is 27.1 Å². The predicted octanol–water partition coefficient (Wildman–Crippen LogP) is 9.01. The Labute approximate surface area is 235 Å². The smallest absolute Gasteiger partial charge is 0.416 e. The van der Waals surface area contributed by atoms with Crippen molar-refractivity contribution in [2.75, 3.05) is 13.2 Å². The van der Waals surface area contributed by atoms with Crippen molar-refractivity contribution in [2.24, 2.45) is 5.92 Å². The molecular formula is C33H39F4NO2. The van der Waals surface area contributed by atoms with Gasteiger partial charge in [0.15, 0.2) is 0 Å².